The summed E-state index contributed by atoms with van der Waals surface area (Å²) in [6, 6.07) is 3.18. The Kier molecular flexibility index (Phi) is 6.50. The van der Waals surface area contributed by atoms with E-state index in [9.17, 15) is 20.0 Å². The third kappa shape index (κ3) is 4.82. The SMILES string of the molecule is CCOc1cc(/C=N/NC(=O)Cn2nc(C)c([N+](=O)[O-])c2C)cc(Br)c1O. The van der Waals surface area contributed by atoms with Crippen molar-refractivity contribution in [1.29, 1.82) is 0 Å². The van der Waals surface area contributed by atoms with Gasteiger partial charge in [-0.15, -0.1) is 0 Å². The van der Waals surface area contributed by atoms with Crippen molar-refractivity contribution in [2.24, 2.45) is 5.10 Å². The van der Waals surface area contributed by atoms with E-state index in [4.69, 9.17) is 4.74 Å². The Bertz CT molecular complexity index is 909. The molecule has 1 aromatic carbocycles. The average molecular weight is 440 g/mol. The number of amides is 1. The number of nitro groups is 1. The zero-order valence-corrected chi connectivity index (χ0v) is 16.5. The molecule has 0 saturated heterocycles. The molecule has 27 heavy (non-hydrogen) atoms. The molecule has 0 fully saturated rings. The summed E-state index contributed by atoms with van der Waals surface area (Å²) in [5, 5.41) is 28.7. The second kappa shape index (κ2) is 8.62. The molecule has 0 radical (unpaired) electrons. The highest BCUT2D eigenvalue weighted by Gasteiger charge is 2.22. The van der Waals surface area contributed by atoms with E-state index in [1.54, 1.807) is 19.1 Å². The summed E-state index contributed by atoms with van der Waals surface area (Å²) in [7, 11) is 0. The van der Waals surface area contributed by atoms with Gasteiger partial charge in [0.1, 0.15) is 17.9 Å². The van der Waals surface area contributed by atoms with Crippen LogP contribution in [0.4, 0.5) is 5.69 Å². The quantitative estimate of drug-likeness (QED) is 0.386. The number of aromatic hydroxyl groups is 1. The number of nitrogens with zero attached hydrogens (tertiary/aromatic N) is 4. The first-order valence-electron chi connectivity index (χ1n) is 7.90. The highest BCUT2D eigenvalue weighted by atomic mass is 79.9. The minimum absolute atomic E-state index is 0.0239. The fraction of sp³-hybridized carbons (Fsp3) is 0.312. The van der Waals surface area contributed by atoms with E-state index in [0.29, 0.717) is 22.3 Å². The monoisotopic (exact) mass is 439 g/mol. The molecule has 2 aromatic rings. The Labute approximate surface area is 163 Å². The lowest BCUT2D eigenvalue weighted by molar-refractivity contribution is -0.386. The fourth-order valence-electron chi connectivity index (χ4n) is 2.39. The van der Waals surface area contributed by atoms with Gasteiger partial charge < -0.3 is 9.84 Å². The van der Waals surface area contributed by atoms with Gasteiger partial charge in [-0.1, -0.05) is 0 Å². The molecule has 0 bridgehead atoms. The van der Waals surface area contributed by atoms with E-state index in [2.05, 4.69) is 31.6 Å². The van der Waals surface area contributed by atoms with E-state index in [1.807, 2.05) is 0 Å². The maximum absolute atomic E-state index is 12.0. The van der Waals surface area contributed by atoms with E-state index in [0.717, 1.165) is 0 Å². The highest BCUT2D eigenvalue weighted by molar-refractivity contribution is 9.10. The molecule has 11 heteroatoms. The van der Waals surface area contributed by atoms with E-state index in [1.165, 1.54) is 24.7 Å². The Morgan fingerprint density at radius 3 is 2.81 bits per heavy atom. The standard InChI is InChI=1S/C16H18BrN5O5/c1-4-27-13-6-11(5-12(17)16(13)24)7-18-19-14(23)8-21-10(3)15(22(25)26)9(2)20-21/h5-7,24H,4,8H2,1-3H3,(H,19,23)/b18-7+. The van der Waals surface area contributed by atoms with Gasteiger partial charge >= 0.3 is 5.69 Å². The number of hydrogen-bond donors (Lipinski definition) is 2. The van der Waals surface area contributed by atoms with Gasteiger partial charge in [-0.2, -0.15) is 10.2 Å². The van der Waals surface area contributed by atoms with Gasteiger partial charge in [0.25, 0.3) is 5.91 Å². The minimum atomic E-state index is -0.525. The van der Waals surface area contributed by atoms with Crippen LogP contribution in [0, 0.1) is 24.0 Å². The number of carbonyl (C=O) groups is 1. The van der Waals surface area contributed by atoms with Crippen molar-refractivity contribution in [3.8, 4) is 11.5 Å². The second-order valence-electron chi connectivity index (χ2n) is 5.51. The topological polar surface area (TPSA) is 132 Å². The van der Waals surface area contributed by atoms with Crippen LogP contribution in [0.1, 0.15) is 23.9 Å². The summed E-state index contributed by atoms with van der Waals surface area (Å²) in [5.74, 6) is -0.228. The normalized spacial score (nSPS) is 11.0. The molecule has 0 aliphatic rings. The number of benzene rings is 1. The second-order valence-corrected chi connectivity index (χ2v) is 6.36. The number of aromatic nitrogens is 2. The molecular weight excluding hydrogens is 422 g/mol. The average Bonchev–Trinajstić information content (AvgIpc) is 2.86. The van der Waals surface area contributed by atoms with Gasteiger partial charge in [-0.3, -0.25) is 19.6 Å². The predicted octanol–water partition coefficient (Wildman–Crippen LogP) is 2.43. The molecule has 1 amide bonds. The van der Waals surface area contributed by atoms with E-state index < -0.39 is 10.8 Å². The molecule has 0 atom stereocenters. The van der Waals surface area contributed by atoms with Crippen molar-refractivity contribution in [1.82, 2.24) is 15.2 Å². The number of halogens is 1. The number of ether oxygens (including phenoxy) is 1. The van der Waals surface area contributed by atoms with Gasteiger partial charge in [-0.05, 0) is 54.4 Å². The van der Waals surface area contributed by atoms with Gasteiger partial charge in [0.2, 0.25) is 0 Å². The molecule has 1 heterocycles. The zero-order valence-electron chi connectivity index (χ0n) is 14.9. The molecule has 2 rings (SSSR count). The van der Waals surface area contributed by atoms with Crippen LogP contribution in [0.25, 0.3) is 0 Å². The summed E-state index contributed by atoms with van der Waals surface area (Å²) in [6.07, 6.45) is 1.38. The summed E-state index contributed by atoms with van der Waals surface area (Å²) < 4.78 is 6.99. The molecule has 0 spiro atoms. The third-order valence-electron chi connectivity index (χ3n) is 3.57. The Morgan fingerprint density at radius 1 is 1.52 bits per heavy atom. The van der Waals surface area contributed by atoms with E-state index in [-0.39, 0.29) is 29.4 Å². The molecule has 0 saturated carbocycles. The van der Waals surface area contributed by atoms with Crippen molar-refractivity contribution in [2.75, 3.05) is 6.61 Å². The largest absolute Gasteiger partial charge is 0.503 e. The van der Waals surface area contributed by atoms with Crippen LogP contribution in [0.3, 0.4) is 0 Å². The number of phenols is 1. The van der Waals surface area contributed by atoms with Crippen LogP contribution in [0.2, 0.25) is 0 Å². The summed E-state index contributed by atoms with van der Waals surface area (Å²) in [6.45, 7) is 5.00. The first-order chi connectivity index (χ1) is 12.7. The Morgan fingerprint density at radius 2 is 2.22 bits per heavy atom. The van der Waals surface area contributed by atoms with Crippen molar-refractivity contribution < 1.29 is 19.6 Å². The summed E-state index contributed by atoms with van der Waals surface area (Å²) in [4.78, 5) is 22.5. The number of carbonyl (C=O) groups excluding carboxylic acids is 1. The number of nitrogens with one attached hydrogen (secondary N) is 1. The van der Waals surface area contributed by atoms with Crippen LogP contribution in [-0.4, -0.2) is 38.5 Å². The van der Waals surface area contributed by atoms with Crippen molar-refractivity contribution >= 4 is 33.7 Å². The number of hydrazone groups is 1. The molecule has 0 aliphatic carbocycles. The first kappa shape index (κ1) is 20.4. The van der Waals surface area contributed by atoms with Crippen LogP contribution in [0.15, 0.2) is 21.7 Å². The zero-order chi connectivity index (χ0) is 20.1. The molecule has 2 N–H and O–H groups in total. The molecule has 10 nitrogen and oxygen atoms in total. The number of aryl methyl sites for hydroxylation is 1. The maximum Gasteiger partial charge on any atom is 0.312 e. The summed E-state index contributed by atoms with van der Waals surface area (Å²) in [5.41, 5.74) is 3.35. The van der Waals surface area contributed by atoms with Crippen molar-refractivity contribution in [3.63, 3.8) is 0 Å². The minimum Gasteiger partial charge on any atom is -0.503 e. The third-order valence-corrected chi connectivity index (χ3v) is 4.18. The predicted molar refractivity (Wildman–Crippen MR) is 101 cm³/mol. The van der Waals surface area contributed by atoms with Gasteiger partial charge in [0.05, 0.1) is 22.2 Å². The van der Waals surface area contributed by atoms with Crippen LogP contribution < -0.4 is 10.2 Å². The number of hydrogen-bond acceptors (Lipinski definition) is 7. The molecule has 0 aliphatic heterocycles. The van der Waals surface area contributed by atoms with Crippen LogP contribution >= 0.6 is 15.9 Å². The molecule has 1 aromatic heterocycles. The Hall–Kier alpha value is -2.95. The lowest BCUT2D eigenvalue weighted by Crippen LogP contribution is -2.24. The first-order valence-corrected chi connectivity index (χ1v) is 8.69. The van der Waals surface area contributed by atoms with Crippen LogP contribution in [0.5, 0.6) is 11.5 Å². The fourth-order valence-corrected chi connectivity index (χ4v) is 2.85. The number of rotatable bonds is 7. The smallest absolute Gasteiger partial charge is 0.312 e. The highest BCUT2D eigenvalue weighted by Crippen LogP contribution is 2.35. The summed E-state index contributed by atoms with van der Waals surface area (Å²) >= 11 is 3.22. The van der Waals surface area contributed by atoms with Gasteiger partial charge in [0.15, 0.2) is 11.5 Å². The van der Waals surface area contributed by atoms with Crippen molar-refractivity contribution in [3.05, 3.63) is 43.7 Å². The molecule has 144 valence electrons. The lowest BCUT2D eigenvalue weighted by atomic mass is 10.2. The van der Waals surface area contributed by atoms with Gasteiger partial charge in [-0.25, -0.2) is 5.43 Å². The number of phenolic OH excluding ortho intramolecular Hbond substituents is 1. The molecular formula is C16H18BrN5O5. The maximum atomic E-state index is 12.0. The Balaban J connectivity index is 2.06. The van der Waals surface area contributed by atoms with Crippen LogP contribution in [-0.2, 0) is 11.3 Å². The van der Waals surface area contributed by atoms with E-state index >= 15 is 0 Å². The van der Waals surface area contributed by atoms with Crippen molar-refractivity contribution in [2.45, 2.75) is 27.3 Å². The molecule has 0 unspecified atom stereocenters. The van der Waals surface area contributed by atoms with Gasteiger partial charge in [0, 0.05) is 0 Å². The lowest BCUT2D eigenvalue weighted by Gasteiger charge is -2.08.